The fourth-order valence-corrected chi connectivity index (χ4v) is 3.81. The van der Waals surface area contributed by atoms with Crippen LogP contribution in [0.5, 0.6) is 5.88 Å². The summed E-state index contributed by atoms with van der Waals surface area (Å²) in [5.74, 6) is 3.09. The van der Waals surface area contributed by atoms with Crippen molar-refractivity contribution in [2.45, 2.75) is 46.3 Å². The lowest BCUT2D eigenvalue weighted by molar-refractivity contribution is 0.0320. The van der Waals surface area contributed by atoms with Crippen molar-refractivity contribution >= 4 is 11.8 Å². The number of allylic oxidation sites excluding steroid dienone is 1. The van der Waals surface area contributed by atoms with E-state index in [4.69, 9.17) is 14.0 Å². The van der Waals surface area contributed by atoms with E-state index < -0.39 is 0 Å². The van der Waals surface area contributed by atoms with E-state index in [1.165, 1.54) is 5.70 Å². The molecule has 2 aromatic heterocycles. The summed E-state index contributed by atoms with van der Waals surface area (Å²) in [4.78, 5) is 11.6. The normalized spacial score (nSPS) is 19.2. The number of ether oxygens (including phenoxy) is 2. The van der Waals surface area contributed by atoms with Crippen LogP contribution in [0.4, 0.5) is 11.8 Å². The maximum atomic E-state index is 6.03. The average Bonchev–Trinajstić information content (AvgIpc) is 3.46. The van der Waals surface area contributed by atoms with Crippen molar-refractivity contribution in [1.29, 1.82) is 0 Å². The van der Waals surface area contributed by atoms with Gasteiger partial charge in [0.2, 0.25) is 11.8 Å². The lowest BCUT2D eigenvalue weighted by Gasteiger charge is -2.26. The van der Waals surface area contributed by atoms with Crippen LogP contribution in [-0.4, -0.2) is 77.7 Å². The van der Waals surface area contributed by atoms with E-state index in [0.717, 1.165) is 44.3 Å². The summed E-state index contributed by atoms with van der Waals surface area (Å²) >= 11 is 0. The SMILES string of the molecule is CC(C)C1=CC(Nc2cc(OCCN3CCOCC3)nc(NCc3cc(C(C)C)no3)n2)N(C)N1. The predicted molar refractivity (Wildman–Crippen MR) is 134 cm³/mol. The van der Waals surface area contributed by atoms with Crippen molar-refractivity contribution in [3.8, 4) is 5.88 Å². The zero-order valence-electron chi connectivity index (χ0n) is 21.4. The lowest BCUT2D eigenvalue weighted by Crippen LogP contribution is -2.39. The van der Waals surface area contributed by atoms with Crippen molar-refractivity contribution < 1.29 is 14.0 Å². The zero-order valence-corrected chi connectivity index (χ0v) is 21.4. The van der Waals surface area contributed by atoms with Crippen LogP contribution in [0.1, 0.15) is 45.1 Å². The van der Waals surface area contributed by atoms with Crippen LogP contribution in [0.2, 0.25) is 0 Å². The first-order valence-electron chi connectivity index (χ1n) is 12.4. The Kier molecular flexibility index (Phi) is 8.42. The van der Waals surface area contributed by atoms with E-state index >= 15 is 0 Å². The molecule has 1 saturated heterocycles. The van der Waals surface area contributed by atoms with Crippen LogP contribution in [0.3, 0.4) is 0 Å². The van der Waals surface area contributed by atoms with E-state index in [2.05, 4.69) is 69.9 Å². The first kappa shape index (κ1) is 25.2. The molecule has 1 unspecified atom stereocenters. The standard InChI is InChI=1S/C24H38N8O3/c1-16(2)19-13-22(31(5)29-19)26-21-14-23(34-11-8-32-6-9-33-10-7-32)28-24(27-21)25-15-18-12-20(17(3)4)30-35-18/h12-14,16-17,22,29H,6-11,15H2,1-5H3,(H2,25,26,27,28). The maximum absolute atomic E-state index is 6.03. The molecule has 4 heterocycles. The van der Waals surface area contributed by atoms with Crippen molar-refractivity contribution in [3.05, 3.63) is 35.4 Å². The van der Waals surface area contributed by atoms with Gasteiger partial charge in [-0.05, 0) is 17.9 Å². The van der Waals surface area contributed by atoms with Gasteiger partial charge in [-0.15, -0.1) is 0 Å². The van der Waals surface area contributed by atoms with Crippen LogP contribution in [0.25, 0.3) is 0 Å². The molecular weight excluding hydrogens is 448 g/mol. The smallest absolute Gasteiger partial charge is 0.228 e. The van der Waals surface area contributed by atoms with Gasteiger partial charge in [0.1, 0.15) is 18.6 Å². The quantitative estimate of drug-likeness (QED) is 0.436. The molecule has 1 atom stereocenters. The van der Waals surface area contributed by atoms with Crippen LogP contribution in [0.15, 0.2) is 28.4 Å². The van der Waals surface area contributed by atoms with Crippen LogP contribution < -0.4 is 20.8 Å². The molecule has 1 fully saturated rings. The molecule has 2 aliphatic heterocycles. The maximum Gasteiger partial charge on any atom is 0.228 e. The third kappa shape index (κ3) is 7.06. The van der Waals surface area contributed by atoms with E-state index in [0.29, 0.717) is 42.6 Å². The molecular formula is C24H38N8O3. The van der Waals surface area contributed by atoms with Gasteiger partial charge in [-0.2, -0.15) is 9.97 Å². The summed E-state index contributed by atoms with van der Waals surface area (Å²) in [6.07, 6.45) is 2.13. The van der Waals surface area contributed by atoms with Gasteiger partial charge >= 0.3 is 0 Å². The Bertz CT molecular complexity index is 987. The fraction of sp³-hybridized carbons (Fsp3) is 0.625. The number of nitrogens with one attached hydrogen (secondary N) is 3. The highest BCUT2D eigenvalue weighted by atomic mass is 16.5. The van der Waals surface area contributed by atoms with E-state index in [-0.39, 0.29) is 6.17 Å². The Morgan fingerprint density at radius 2 is 1.94 bits per heavy atom. The summed E-state index contributed by atoms with van der Waals surface area (Å²) in [7, 11) is 2.00. The number of aromatic nitrogens is 3. The Hall–Kier alpha value is -2.89. The molecule has 0 radical (unpaired) electrons. The summed E-state index contributed by atoms with van der Waals surface area (Å²) in [5.41, 5.74) is 5.49. The molecule has 0 amide bonds. The molecule has 0 aliphatic carbocycles. The van der Waals surface area contributed by atoms with Gasteiger partial charge in [-0.3, -0.25) is 4.90 Å². The van der Waals surface area contributed by atoms with E-state index in [1.807, 2.05) is 24.2 Å². The molecule has 0 bridgehead atoms. The van der Waals surface area contributed by atoms with Gasteiger partial charge in [0, 0.05) is 44.5 Å². The Morgan fingerprint density at radius 3 is 2.63 bits per heavy atom. The first-order chi connectivity index (χ1) is 16.9. The predicted octanol–water partition coefficient (Wildman–Crippen LogP) is 2.64. The number of morpholine rings is 1. The van der Waals surface area contributed by atoms with E-state index in [1.54, 1.807) is 0 Å². The topological polar surface area (TPSA) is 113 Å². The molecule has 2 aliphatic rings. The van der Waals surface area contributed by atoms with Gasteiger partial charge < -0.3 is 30.1 Å². The Labute approximate surface area is 207 Å². The van der Waals surface area contributed by atoms with Crippen molar-refractivity contribution in [1.82, 2.24) is 30.5 Å². The summed E-state index contributed by atoms with van der Waals surface area (Å²) in [6, 6.07) is 3.79. The minimum Gasteiger partial charge on any atom is -0.476 e. The van der Waals surface area contributed by atoms with Gasteiger partial charge in [-0.1, -0.05) is 32.9 Å². The van der Waals surface area contributed by atoms with Gasteiger partial charge in [0.05, 0.1) is 25.5 Å². The number of nitrogens with zero attached hydrogens (tertiary/aromatic N) is 5. The molecule has 11 nitrogen and oxygen atoms in total. The van der Waals surface area contributed by atoms with Crippen LogP contribution >= 0.6 is 0 Å². The fourth-order valence-electron chi connectivity index (χ4n) is 3.81. The minimum atomic E-state index is -0.0424. The second-order valence-corrected chi connectivity index (χ2v) is 9.53. The highest BCUT2D eigenvalue weighted by molar-refractivity contribution is 5.46. The molecule has 3 N–H and O–H groups in total. The number of rotatable bonds is 11. The number of hydrogen-bond donors (Lipinski definition) is 3. The average molecular weight is 487 g/mol. The lowest BCUT2D eigenvalue weighted by atomic mass is 10.1. The highest BCUT2D eigenvalue weighted by Gasteiger charge is 2.23. The minimum absolute atomic E-state index is 0.0424. The Balaban J connectivity index is 1.44. The third-order valence-electron chi connectivity index (χ3n) is 6.03. The second kappa shape index (κ2) is 11.7. The van der Waals surface area contributed by atoms with Crippen LogP contribution in [-0.2, 0) is 11.3 Å². The van der Waals surface area contributed by atoms with Crippen molar-refractivity contribution in [2.24, 2.45) is 5.92 Å². The molecule has 11 heteroatoms. The first-order valence-corrected chi connectivity index (χ1v) is 12.4. The highest BCUT2D eigenvalue weighted by Crippen LogP contribution is 2.22. The summed E-state index contributed by atoms with van der Waals surface area (Å²) < 4.78 is 16.9. The largest absolute Gasteiger partial charge is 0.476 e. The summed E-state index contributed by atoms with van der Waals surface area (Å²) in [6.45, 7) is 13.7. The molecule has 2 aromatic rings. The number of anilines is 2. The molecule has 0 aromatic carbocycles. The van der Waals surface area contributed by atoms with Crippen molar-refractivity contribution in [2.75, 3.05) is 57.1 Å². The number of hydrogen-bond acceptors (Lipinski definition) is 11. The number of likely N-dealkylation sites (N-methyl/N-ethyl adjacent to an activating group) is 1. The monoisotopic (exact) mass is 486 g/mol. The third-order valence-corrected chi connectivity index (χ3v) is 6.03. The van der Waals surface area contributed by atoms with E-state index in [9.17, 15) is 0 Å². The molecule has 0 saturated carbocycles. The zero-order chi connectivity index (χ0) is 24.8. The van der Waals surface area contributed by atoms with Gasteiger partial charge in [-0.25, -0.2) is 5.01 Å². The summed E-state index contributed by atoms with van der Waals surface area (Å²) in [5, 5.41) is 12.9. The molecule has 4 rings (SSSR count). The molecule has 192 valence electrons. The number of hydrazine groups is 1. The van der Waals surface area contributed by atoms with Crippen molar-refractivity contribution in [3.63, 3.8) is 0 Å². The molecule has 0 spiro atoms. The second-order valence-electron chi connectivity index (χ2n) is 9.53. The molecule has 35 heavy (non-hydrogen) atoms. The Morgan fingerprint density at radius 1 is 1.14 bits per heavy atom. The van der Waals surface area contributed by atoms with Gasteiger partial charge in [0.25, 0.3) is 0 Å². The van der Waals surface area contributed by atoms with Crippen LogP contribution in [0, 0.1) is 5.92 Å². The van der Waals surface area contributed by atoms with Gasteiger partial charge in [0.15, 0.2) is 5.76 Å².